The minimum absolute atomic E-state index is 0.0900. The predicted octanol–water partition coefficient (Wildman–Crippen LogP) is 4.05. The molecule has 1 aromatic carbocycles. The van der Waals surface area contributed by atoms with E-state index in [0.29, 0.717) is 25.9 Å². The molecular weight excluding hydrogens is 364 g/mol. The van der Waals surface area contributed by atoms with E-state index in [0.717, 1.165) is 23.1 Å². The van der Waals surface area contributed by atoms with Crippen LogP contribution in [0.15, 0.2) is 30.6 Å². The lowest BCUT2D eigenvalue weighted by atomic mass is 10.1. The van der Waals surface area contributed by atoms with E-state index in [2.05, 4.69) is 20.7 Å². The number of halogens is 2. The first kappa shape index (κ1) is 17.8. The van der Waals surface area contributed by atoms with Gasteiger partial charge in [-0.25, -0.2) is 9.67 Å². The van der Waals surface area contributed by atoms with Crippen molar-refractivity contribution in [2.24, 2.45) is 0 Å². The number of aromatic nitrogens is 3. The minimum atomic E-state index is -2.73. The molecule has 0 saturated carbocycles. The van der Waals surface area contributed by atoms with Crippen molar-refractivity contribution < 1.29 is 18.7 Å². The van der Waals surface area contributed by atoms with Crippen LogP contribution >= 0.6 is 11.3 Å². The molecule has 7 nitrogen and oxygen atoms in total. The fourth-order valence-corrected chi connectivity index (χ4v) is 2.98. The summed E-state index contributed by atoms with van der Waals surface area (Å²) >= 11 is 1.06. The molecule has 136 valence electrons. The maximum absolute atomic E-state index is 12.5. The fourth-order valence-electron chi connectivity index (χ4n) is 2.26. The van der Waals surface area contributed by atoms with Gasteiger partial charge >= 0.3 is 6.55 Å². The van der Waals surface area contributed by atoms with Crippen molar-refractivity contribution in [3.05, 3.63) is 46.6 Å². The number of aromatic hydroxyl groups is 1. The standard InChI is InChI=1S/C16H15F2N5O2S/c1-8-3-4-10(24)9(2)13(8)21-14(25)11-7-19-16(26-11)20-12-5-6-23(22-12)15(17)18/h3-7,15,24H,1-2H3,(H,21,25)(H,19,20,22). The summed E-state index contributed by atoms with van der Waals surface area (Å²) in [6.45, 7) is 0.801. The van der Waals surface area contributed by atoms with E-state index >= 15 is 0 Å². The third-order valence-corrected chi connectivity index (χ3v) is 4.57. The summed E-state index contributed by atoms with van der Waals surface area (Å²) < 4.78 is 25.5. The van der Waals surface area contributed by atoms with Crippen LogP contribution in [0.5, 0.6) is 5.75 Å². The zero-order valence-corrected chi connectivity index (χ0v) is 14.6. The molecule has 0 unspecified atom stereocenters. The van der Waals surface area contributed by atoms with Gasteiger partial charge in [-0.05, 0) is 25.5 Å². The molecule has 1 amide bonds. The number of nitrogens with zero attached hydrogens (tertiary/aromatic N) is 3. The Bertz CT molecular complexity index is 954. The maximum atomic E-state index is 12.5. The van der Waals surface area contributed by atoms with Gasteiger partial charge < -0.3 is 15.7 Å². The summed E-state index contributed by atoms with van der Waals surface area (Å²) in [6, 6.07) is 4.65. The van der Waals surface area contributed by atoms with E-state index in [4.69, 9.17) is 0 Å². The summed E-state index contributed by atoms with van der Waals surface area (Å²) in [5.41, 5.74) is 1.92. The van der Waals surface area contributed by atoms with Crippen LogP contribution in [0, 0.1) is 13.8 Å². The van der Waals surface area contributed by atoms with Crippen LogP contribution in [0.1, 0.15) is 27.3 Å². The van der Waals surface area contributed by atoms with Crippen LogP contribution in [0.2, 0.25) is 0 Å². The zero-order chi connectivity index (χ0) is 18.8. The fraction of sp³-hybridized carbons (Fsp3) is 0.188. The largest absolute Gasteiger partial charge is 0.508 e. The molecule has 0 aliphatic heterocycles. The zero-order valence-electron chi connectivity index (χ0n) is 13.8. The Kier molecular flexibility index (Phi) is 4.85. The number of carbonyl (C=O) groups excluding carboxylic acids is 1. The van der Waals surface area contributed by atoms with Gasteiger partial charge in [0, 0.05) is 17.8 Å². The SMILES string of the molecule is Cc1ccc(O)c(C)c1NC(=O)c1cnc(Nc2ccn(C(F)F)n2)s1. The number of alkyl halides is 2. The third kappa shape index (κ3) is 3.64. The van der Waals surface area contributed by atoms with Crippen LogP contribution in [0.3, 0.4) is 0 Å². The average Bonchev–Trinajstić information content (AvgIpc) is 3.25. The lowest BCUT2D eigenvalue weighted by molar-refractivity contribution is 0.0569. The first-order chi connectivity index (χ1) is 12.3. The molecule has 0 spiro atoms. The second kappa shape index (κ2) is 7.08. The highest BCUT2D eigenvalue weighted by Gasteiger charge is 2.15. The molecule has 2 heterocycles. The second-order valence-corrected chi connectivity index (χ2v) is 6.50. The van der Waals surface area contributed by atoms with Crippen molar-refractivity contribution in [1.82, 2.24) is 14.8 Å². The molecule has 3 rings (SSSR count). The van der Waals surface area contributed by atoms with E-state index in [-0.39, 0.29) is 17.5 Å². The van der Waals surface area contributed by atoms with Gasteiger partial charge in [-0.15, -0.1) is 0 Å². The topological polar surface area (TPSA) is 92.1 Å². The molecule has 0 aliphatic rings. The summed E-state index contributed by atoms with van der Waals surface area (Å²) in [7, 11) is 0. The number of aryl methyl sites for hydroxylation is 1. The van der Waals surface area contributed by atoms with Crippen molar-refractivity contribution in [2.45, 2.75) is 20.4 Å². The quantitative estimate of drug-likeness (QED) is 0.622. The number of nitrogens with one attached hydrogen (secondary N) is 2. The van der Waals surface area contributed by atoms with Crippen LogP contribution in [0.4, 0.5) is 25.4 Å². The van der Waals surface area contributed by atoms with Crippen LogP contribution in [-0.2, 0) is 0 Å². The molecule has 3 N–H and O–H groups in total. The van der Waals surface area contributed by atoms with E-state index in [9.17, 15) is 18.7 Å². The highest BCUT2D eigenvalue weighted by atomic mass is 32.1. The number of amides is 1. The lowest BCUT2D eigenvalue weighted by Crippen LogP contribution is -2.12. The van der Waals surface area contributed by atoms with Gasteiger partial charge in [-0.2, -0.15) is 13.9 Å². The smallest absolute Gasteiger partial charge is 0.333 e. The molecule has 10 heteroatoms. The normalized spacial score (nSPS) is 11.0. The molecule has 0 atom stereocenters. The Morgan fingerprint density at radius 2 is 2.08 bits per heavy atom. The summed E-state index contributed by atoms with van der Waals surface area (Å²) in [5, 5.41) is 19.3. The number of hydrogen-bond acceptors (Lipinski definition) is 6. The van der Waals surface area contributed by atoms with Crippen molar-refractivity contribution in [3.8, 4) is 5.75 Å². The molecule has 3 aromatic rings. The highest BCUT2D eigenvalue weighted by Crippen LogP contribution is 2.29. The third-order valence-electron chi connectivity index (χ3n) is 3.66. The number of carbonyl (C=O) groups is 1. The Balaban J connectivity index is 1.73. The first-order valence-corrected chi connectivity index (χ1v) is 8.33. The Hall–Kier alpha value is -3.01. The Morgan fingerprint density at radius 1 is 1.31 bits per heavy atom. The van der Waals surface area contributed by atoms with Gasteiger partial charge in [0.1, 0.15) is 10.6 Å². The Morgan fingerprint density at radius 3 is 2.77 bits per heavy atom. The van der Waals surface area contributed by atoms with Crippen LogP contribution in [0.25, 0.3) is 0 Å². The molecule has 0 bridgehead atoms. The number of phenols is 1. The maximum Gasteiger partial charge on any atom is 0.333 e. The first-order valence-electron chi connectivity index (χ1n) is 7.52. The number of benzene rings is 1. The second-order valence-electron chi connectivity index (χ2n) is 5.47. The van der Waals surface area contributed by atoms with Gasteiger partial charge in [0.2, 0.25) is 0 Å². The van der Waals surface area contributed by atoms with Crippen molar-refractivity contribution in [3.63, 3.8) is 0 Å². The number of anilines is 3. The predicted molar refractivity (Wildman–Crippen MR) is 94.4 cm³/mol. The monoisotopic (exact) mass is 379 g/mol. The summed E-state index contributed by atoms with van der Waals surface area (Å²) in [5.74, 6) is -0.0936. The molecule has 26 heavy (non-hydrogen) atoms. The molecule has 0 fully saturated rings. The van der Waals surface area contributed by atoms with Crippen LogP contribution in [-0.4, -0.2) is 25.8 Å². The number of thiazole rings is 1. The average molecular weight is 379 g/mol. The van der Waals surface area contributed by atoms with E-state index in [1.165, 1.54) is 12.3 Å². The van der Waals surface area contributed by atoms with Gasteiger partial charge in [0.05, 0.1) is 11.9 Å². The minimum Gasteiger partial charge on any atom is -0.508 e. The van der Waals surface area contributed by atoms with Crippen molar-refractivity contribution in [1.29, 1.82) is 0 Å². The van der Waals surface area contributed by atoms with Gasteiger partial charge in [0.15, 0.2) is 10.9 Å². The van der Waals surface area contributed by atoms with E-state index in [1.807, 2.05) is 6.92 Å². The molecule has 0 saturated heterocycles. The lowest BCUT2D eigenvalue weighted by Gasteiger charge is -2.11. The molecule has 0 radical (unpaired) electrons. The van der Waals surface area contributed by atoms with E-state index < -0.39 is 6.55 Å². The van der Waals surface area contributed by atoms with Gasteiger partial charge in [0.25, 0.3) is 5.91 Å². The van der Waals surface area contributed by atoms with Gasteiger partial charge in [-0.1, -0.05) is 17.4 Å². The summed E-state index contributed by atoms with van der Waals surface area (Å²) in [4.78, 5) is 16.8. The number of hydrogen-bond donors (Lipinski definition) is 3. The summed E-state index contributed by atoms with van der Waals surface area (Å²) in [6.07, 6.45) is 2.52. The van der Waals surface area contributed by atoms with Crippen molar-refractivity contribution in [2.75, 3.05) is 10.6 Å². The number of phenolic OH excluding ortho intramolecular Hbond substituents is 1. The van der Waals surface area contributed by atoms with Gasteiger partial charge in [-0.3, -0.25) is 4.79 Å². The molecule has 2 aromatic heterocycles. The Labute approximate surface area is 151 Å². The van der Waals surface area contributed by atoms with E-state index in [1.54, 1.807) is 19.1 Å². The van der Waals surface area contributed by atoms with Crippen molar-refractivity contribution >= 4 is 33.9 Å². The molecule has 0 aliphatic carbocycles. The molecular formula is C16H15F2N5O2S. The van der Waals surface area contributed by atoms with Crippen LogP contribution < -0.4 is 10.6 Å². The number of rotatable bonds is 5. The highest BCUT2D eigenvalue weighted by molar-refractivity contribution is 7.17.